The lowest BCUT2D eigenvalue weighted by atomic mass is 10.1. The van der Waals surface area contributed by atoms with Gasteiger partial charge in [0.05, 0.1) is 0 Å². The van der Waals surface area contributed by atoms with Crippen LogP contribution >= 0.6 is 0 Å². The van der Waals surface area contributed by atoms with Gasteiger partial charge >= 0.3 is 6.09 Å². The molecule has 0 saturated carbocycles. The quantitative estimate of drug-likeness (QED) is 0.634. The molecule has 2 rings (SSSR count). The Morgan fingerprint density at radius 1 is 1.19 bits per heavy atom. The van der Waals surface area contributed by atoms with E-state index in [1.165, 1.54) is 38.6 Å². The Morgan fingerprint density at radius 2 is 1.67 bits per heavy atom. The molecule has 0 bridgehead atoms. The van der Waals surface area contributed by atoms with E-state index in [0.717, 1.165) is 12.8 Å². The van der Waals surface area contributed by atoms with Gasteiger partial charge in [-0.15, -0.1) is 0 Å². The number of nitrogens with zero attached hydrogens (tertiary/aromatic N) is 1. The summed E-state index contributed by atoms with van der Waals surface area (Å²) >= 11 is 0. The number of amides is 2. The van der Waals surface area contributed by atoms with Gasteiger partial charge in [0.25, 0.3) is 0 Å². The normalized spacial score (nSPS) is 16.7. The minimum atomic E-state index is -0.449. The predicted molar refractivity (Wildman–Crippen MR) is 112 cm³/mol. The number of rotatable bonds is 2. The van der Waals surface area contributed by atoms with Gasteiger partial charge < -0.3 is 26.0 Å². The summed E-state index contributed by atoms with van der Waals surface area (Å²) in [5, 5.41) is 6.02. The van der Waals surface area contributed by atoms with Crippen LogP contribution in [0.2, 0.25) is 0 Å². The minimum absolute atomic E-state index is 0.191. The Balaban J connectivity index is 0. The smallest absolute Gasteiger partial charge is 0.410 e. The number of ether oxygens (including phenoxy) is 1. The van der Waals surface area contributed by atoms with E-state index in [0.29, 0.717) is 19.5 Å². The van der Waals surface area contributed by atoms with Crippen molar-refractivity contribution >= 4 is 12.5 Å². The van der Waals surface area contributed by atoms with Crippen LogP contribution in [0.1, 0.15) is 66.7 Å². The topological polar surface area (TPSA) is 96.7 Å². The van der Waals surface area contributed by atoms with Crippen molar-refractivity contribution in [3.8, 4) is 0 Å². The molecule has 2 aliphatic heterocycles. The standard InChI is InChI=1S/C11H20N2O3.C5H11N.C2H5N.C2H6/c1-11(2,3)16-10(15)13-6-4-9(5-7-13)12-8-14;1-2-4-6-5-3-1;1-2-3;1-2/h8-9H,4-7H2,1-3H3,(H,12,14);6H,1-5H2;2H,1,3H2;1-2H3. The highest BCUT2D eigenvalue weighted by Crippen LogP contribution is 2.15. The van der Waals surface area contributed by atoms with E-state index in [-0.39, 0.29) is 12.1 Å². The van der Waals surface area contributed by atoms with Crippen LogP contribution in [0.5, 0.6) is 0 Å². The van der Waals surface area contributed by atoms with Crippen LogP contribution < -0.4 is 16.4 Å². The Hall–Kier alpha value is -1.76. The number of nitrogens with one attached hydrogen (secondary N) is 2. The van der Waals surface area contributed by atoms with Crippen LogP contribution in [0.4, 0.5) is 4.79 Å². The fourth-order valence-corrected chi connectivity index (χ4v) is 2.45. The maximum atomic E-state index is 11.7. The van der Waals surface area contributed by atoms with Crippen LogP contribution in [0.3, 0.4) is 0 Å². The van der Waals surface area contributed by atoms with Crippen molar-refractivity contribution < 1.29 is 14.3 Å². The Kier molecular flexibility index (Phi) is 17.9. The summed E-state index contributed by atoms with van der Waals surface area (Å²) in [6, 6.07) is 0.191. The maximum Gasteiger partial charge on any atom is 0.410 e. The van der Waals surface area contributed by atoms with Crippen LogP contribution in [-0.2, 0) is 9.53 Å². The zero-order chi connectivity index (χ0) is 21.1. The molecule has 2 amide bonds. The number of piperidine rings is 2. The van der Waals surface area contributed by atoms with Crippen molar-refractivity contribution in [3.05, 3.63) is 12.8 Å². The van der Waals surface area contributed by atoms with E-state index in [9.17, 15) is 9.59 Å². The zero-order valence-corrected chi connectivity index (χ0v) is 18.1. The molecule has 0 radical (unpaired) electrons. The molecule has 27 heavy (non-hydrogen) atoms. The molecule has 4 N–H and O–H groups in total. The molecule has 0 aromatic heterocycles. The molecular weight excluding hydrogens is 344 g/mol. The number of hydrogen-bond donors (Lipinski definition) is 3. The summed E-state index contributed by atoms with van der Waals surface area (Å²) < 4.78 is 5.27. The molecule has 2 aliphatic rings. The molecule has 160 valence electrons. The predicted octanol–water partition coefficient (Wildman–Crippen LogP) is 3.01. The molecule has 7 nitrogen and oxygen atoms in total. The molecule has 0 aliphatic carbocycles. The fourth-order valence-electron chi connectivity index (χ4n) is 2.45. The highest BCUT2D eigenvalue weighted by molar-refractivity contribution is 5.68. The van der Waals surface area contributed by atoms with E-state index in [1.54, 1.807) is 4.90 Å². The largest absolute Gasteiger partial charge is 0.444 e. The Morgan fingerprint density at radius 3 is 1.96 bits per heavy atom. The first-order chi connectivity index (χ1) is 12.8. The molecule has 0 aromatic carbocycles. The number of carbonyl (C=O) groups is 2. The van der Waals surface area contributed by atoms with E-state index < -0.39 is 5.60 Å². The van der Waals surface area contributed by atoms with Crippen molar-refractivity contribution in [1.82, 2.24) is 15.5 Å². The average molecular weight is 387 g/mol. The SMILES string of the molecule is C1CCNCC1.C=CN.CC.CC(C)(C)OC(=O)N1CCC(NC=O)CC1. The molecule has 2 fully saturated rings. The van der Waals surface area contributed by atoms with Crippen LogP contribution in [0.25, 0.3) is 0 Å². The fraction of sp³-hybridized carbons (Fsp3) is 0.800. The molecule has 0 unspecified atom stereocenters. The molecule has 7 heteroatoms. The maximum absolute atomic E-state index is 11.7. The summed E-state index contributed by atoms with van der Waals surface area (Å²) in [4.78, 5) is 23.6. The molecule has 0 aromatic rings. The zero-order valence-electron chi connectivity index (χ0n) is 18.1. The lowest BCUT2D eigenvalue weighted by Crippen LogP contribution is -2.46. The van der Waals surface area contributed by atoms with Crippen LogP contribution in [0.15, 0.2) is 12.8 Å². The van der Waals surface area contributed by atoms with Gasteiger partial charge in [0.2, 0.25) is 6.41 Å². The van der Waals surface area contributed by atoms with Gasteiger partial charge in [0, 0.05) is 19.1 Å². The lowest BCUT2D eigenvalue weighted by Gasteiger charge is -2.33. The van der Waals surface area contributed by atoms with E-state index >= 15 is 0 Å². The Bertz CT molecular complexity index is 360. The number of likely N-dealkylation sites (tertiary alicyclic amines) is 1. The van der Waals surface area contributed by atoms with Gasteiger partial charge in [-0.25, -0.2) is 4.79 Å². The minimum Gasteiger partial charge on any atom is -0.444 e. The van der Waals surface area contributed by atoms with Crippen molar-refractivity contribution in [2.75, 3.05) is 26.2 Å². The third kappa shape index (κ3) is 17.4. The second-order valence-electron chi connectivity index (χ2n) is 7.07. The first-order valence-electron chi connectivity index (χ1n) is 10.0. The number of nitrogens with two attached hydrogens (primary N) is 1. The summed E-state index contributed by atoms with van der Waals surface area (Å²) in [5.74, 6) is 0. The first-order valence-corrected chi connectivity index (χ1v) is 10.0. The molecule has 2 saturated heterocycles. The van der Waals surface area contributed by atoms with Crippen LogP contribution in [-0.4, -0.2) is 55.2 Å². The molecule has 2 heterocycles. The highest BCUT2D eigenvalue weighted by atomic mass is 16.6. The summed E-state index contributed by atoms with van der Waals surface area (Å²) in [6.07, 6.45) is 7.49. The van der Waals surface area contributed by atoms with Crippen molar-refractivity contribution in [1.29, 1.82) is 0 Å². The van der Waals surface area contributed by atoms with Gasteiger partial charge in [-0.2, -0.15) is 0 Å². The molecular formula is C20H42N4O3. The van der Waals surface area contributed by atoms with Crippen molar-refractivity contribution in [2.24, 2.45) is 5.73 Å². The number of carbonyl (C=O) groups excluding carboxylic acids is 2. The number of hydrogen-bond acceptors (Lipinski definition) is 5. The van der Waals surface area contributed by atoms with Gasteiger partial charge in [0.1, 0.15) is 5.60 Å². The average Bonchev–Trinajstić information content (AvgIpc) is 2.65. The van der Waals surface area contributed by atoms with Crippen molar-refractivity contribution in [2.45, 2.75) is 78.4 Å². The first kappa shape index (κ1) is 27.5. The van der Waals surface area contributed by atoms with E-state index in [4.69, 9.17) is 4.74 Å². The third-order valence-electron chi connectivity index (χ3n) is 3.66. The summed E-state index contributed by atoms with van der Waals surface area (Å²) in [5.41, 5.74) is 4.16. The Labute approximate surface area is 166 Å². The summed E-state index contributed by atoms with van der Waals surface area (Å²) in [6.45, 7) is 16.5. The summed E-state index contributed by atoms with van der Waals surface area (Å²) in [7, 11) is 0. The second kappa shape index (κ2) is 17.6. The lowest BCUT2D eigenvalue weighted by molar-refractivity contribution is -0.110. The van der Waals surface area contributed by atoms with Crippen molar-refractivity contribution in [3.63, 3.8) is 0 Å². The van der Waals surface area contributed by atoms with Crippen LogP contribution in [0, 0.1) is 0 Å². The van der Waals surface area contributed by atoms with Gasteiger partial charge in [-0.05, 0) is 65.7 Å². The second-order valence-corrected chi connectivity index (χ2v) is 7.07. The van der Waals surface area contributed by atoms with E-state index in [2.05, 4.69) is 22.9 Å². The third-order valence-corrected chi connectivity index (χ3v) is 3.66. The molecule has 0 atom stereocenters. The van der Waals surface area contributed by atoms with Gasteiger partial charge in [-0.3, -0.25) is 4.79 Å². The molecule has 0 spiro atoms. The highest BCUT2D eigenvalue weighted by Gasteiger charge is 2.26. The van der Waals surface area contributed by atoms with E-state index in [1.807, 2.05) is 34.6 Å². The van der Waals surface area contributed by atoms with Gasteiger partial charge in [-0.1, -0.05) is 26.8 Å². The van der Waals surface area contributed by atoms with Gasteiger partial charge in [0.15, 0.2) is 0 Å². The monoisotopic (exact) mass is 386 g/mol.